The third-order valence-electron chi connectivity index (χ3n) is 5.36. The van der Waals surface area contributed by atoms with Crippen LogP contribution in [-0.2, 0) is 10.0 Å². The molecular weight excluding hydrogens is 415 g/mol. The zero-order chi connectivity index (χ0) is 19.4. The quantitative estimate of drug-likeness (QED) is 0.691. The molecule has 1 N–H and O–H groups in total. The Balaban J connectivity index is 0.00000280. The maximum Gasteiger partial charge on any atom is 0.240 e. The lowest BCUT2D eigenvalue weighted by molar-refractivity contribution is 0.161. The van der Waals surface area contributed by atoms with Crippen LogP contribution in [0.1, 0.15) is 37.3 Å². The first kappa shape index (κ1) is 23.2. The second-order valence-corrected chi connectivity index (χ2v) is 9.66. The maximum atomic E-state index is 12.6. The lowest BCUT2D eigenvalue weighted by Gasteiger charge is -2.37. The van der Waals surface area contributed by atoms with Gasteiger partial charge in [-0.2, -0.15) is 0 Å². The molecule has 1 saturated carbocycles. The summed E-state index contributed by atoms with van der Waals surface area (Å²) in [6.45, 7) is 0. The van der Waals surface area contributed by atoms with Crippen LogP contribution < -0.4 is 4.72 Å². The first-order valence-electron chi connectivity index (χ1n) is 9.36. The highest BCUT2D eigenvalue weighted by molar-refractivity contribution is 7.89. The minimum Gasteiger partial charge on any atom is -0.302 e. The van der Waals surface area contributed by atoms with Gasteiger partial charge in [-0.1, -0.05) is 41.9 Å². The van der Waals surface area contributed by atoms with E-state index in [9.17, 15) is 8.42 Å². The van der Waals surface area contributed by atoms with E-state index in [4.69, 9.17) is 11.6 Å². The fourth-order valence-electron chi connectivity index (χ4n) is 4.10. The highest BCUT2D eigenvalue weighted by atomic mass is 35.5. The third kappa shape index (κ3) is 5.71. The largest absolute Gasteiger partial charge is 0.302 e. The van der Waals surface area contributed by atoms with Crippen molar-refractivity contribution in [2.75, 3.05) is 14.1 Å². The first-order valence-corrected chi connectivity index (χ1v) is 11.2. The highest BCUT2D eigenvalue weighted by Crippen LogP contribution is 2.37. The molecule has 154 valence electrons. The van der Waals surface area contributed by atoms with Crippen LogP contribution in [0.5, 0.6) is 0 Å². The van der Waals surface area contributed by atoms with Crippen LogP contribution in [0.4, 0.5) is 0 Å². The summed E-state index contributed by atoms with van der Waals surface area (Å²) < 4.78 is 28.1. The molecule has 0 saturated heterocycles. The molecule has 1 unspecified atom stereocenters. The number of hydrogen-bond donors (Lipinski definition) is 1. The Morgan fingerprint density at radius 1 is 0.964 bits per heavy atom. The summed E-state index contributed by atoms with van der Waals surface area (Å²) in [6, 6.07) is 17.2. The van der Waals surface area contributed by atoms with E-state index in [0.29, 0.717) is 17.0 Å². The van der Waals surface area contributed by atoms with E-state index in [1.165, 1.54) is 5.56 Å². The Labute approximate surface area is 179 Å². The molecule has 2 aromatic carbocycles. The van der Waals surface area contributed by atoms with Crippen LogP contribution >= 0.6 is 24.0 Å². The number of halogens is 2. The summed E-state index contributed by atoms with van der Waals surface area (Å²) in [6.07, 6.45) is 3.72. The smallest absolute Gasteiger partial charge is 0.240 e. The molecule has 1 aliphatic carbocycles. The maximum absolute atomic E-state index is 12.6. The van der Waals surface area contributed by atoms with Crippen molar-refractivity contribution in [3.05, 3.63) is 65.2 Å². The number of hydrogen-bond acceptors (Lipinski definition) is 3. The summed E-state index contributed by atoms with van der Waals surface area (Å²) in [5, 5.41) is 0.532. The van der Waals surface area contributed by atoms with Crippen molar-refractivity contribution in [3.8, 4) is 0 Å². The molecule has 3 rings (SSSR count). The summed E-state index contributed by atoms with van der Waals surface area (Å²) in [5.74, 6) is 0.527. The van der Waals surface area contributed by atoms with Crippen LogP contribution in [0, 0.1) is 5.92 Å². The van der Waals surface area contributed by atoms with Crippen molar-refractivity contribution in [3.63, 3.8) is 0 Å². The Bertz CT molecular complexity index is 834. The van der Waals surface area contributed by atoms with Crippen molar-refractivity contribution in [1.82, 2.24) is 9.62 Å². The standard InChI is InChI=1S/C21H27ClN2O2S.ClH/c1-24(2)21(16-6-4-3-5-7-16)17-8-12-19(13-9-17)23-27(25,26)20-14-10-18(22)11-15-20;/h3-7,10-11,14-15,17,19,21,23H,8-9,12-13H2,1-2H3;1H. The fourth-order valence-corrected chi connectivity index (χ4v) is 5.53. The summed E-state index contributed by atoms with van der Waals surface area (Å²) in [7, 11) is 0.734. The van der Waals surface area contributed by atoms with E-state index < -0.39 is 10.0 Å². The second kappa shape index (κ2) is 10.1. The molecule has 0 bridgehead atoms. The number of sulfonamides is 1. The van der Waals surface area contributed by atoms with Gasteiger partial charge in [-0.25, -0.2) is 13.1 Å². The summed E-state index contributed by atoms with van der Waals surface area (Å²) in [4.78, 5) is 2.54. The van der Waals surface area contributed by atoms with Crippen LogP contribution in [0.3, 0.4) is 0 Å². The van der Waals surface area contributed by atoms with E-state index in [0.717, 1.165) is 25.7 Å². The zero-order valence-electron chi connectivity index (χ0n) is 16.2. The Morgan fingerprint density at radius 2 is 1.54 bits per heavy atom. The van der Waals surface area contributed by atoms with Crippen LogP contribution in [0.15, 0.2) is 59.5 Å². The summed E-state index contributed by atoms with van der Waals surface area (Å²) in [5.41, 5.74) is 1.33. The number of nitrogens with zero attached hydrogens (tertiary/aromatic N) is 1. The molecular formula is C21H28Cl2N2O2S. The topological polar surface area (TPSA) is 49.4 Å². The van der Waals surface area contributed by atoms with E-state index in [2.05, 4.69) is 48.0 Å². The monoisotopic (exact) mass is 442 g/mol. The Morgan fingerprint density at radius 3 is 2.07 bits per heavy atom. The summed E-state index contributed by atoms with van der Waals surface area (Å²) >= 11 is 5.86. The number of benzene rings is 2. The number of nitrogens with one attached hydrogen (secondary N) is 1. The predicted octanol–water partition coefficient (Wildman–Crippen LogP) is 4.90. The van der Waals surface area contributed by atoms with Gasteiger partial charge in [-0.15, -0.1) is 12.4 Å². The molecule has 28 heavy (non-hydrogen) atoms. The van der Waals surface area contributed by atoms with Gasteiger partial charge in [-0.05, 0) is 75.5 Å². The van der Waals surface area contributed by atoms with Crippen molar-refractivity contribution in [2.24, 2.45) is 5.92 Å². The van der Waals surface area contributed by atoms with Gasteiger partial charge in [-0.3, -0.25) is 0 Å². The molecule has 1 atom stereocenters. The highest BCUT2D eigenvalue weighted by Gasteiger charge is 2.31. The third-order valence-corrected chi connectivity index (χ3v) is 7.15. The SMILES string of the molecule is CN(C)C(c1ccccc1)C1CCC(NS(=O)(=O)c2ccc(Cl)cc2)CC1.Cl. The fraction of sp³-hybridized carbons (Fsp3) is 0.429. The lowest BCUT2D eigenvalue weighted by Crippen LogP contribution is -2.39. The first-order chi connectivity index (χ1) is 12.9. The van der Waals surface area contributed by atoms with Crippen LogP contribution in [-0.4, -0.2) is 33.5 Å². The predicted molar refractivity (Wildman–Crippen MR) is 118 cm³/mol. The Hall–Kier alpha value is -1.11. The van der Waals surface area contributed by atoms with Crippen molar-refractivity contribution >= 4 is 34.0 Å². The van der Waals surface area contributed by atoms with Crippen LogP contribution in [0.25, 0.3) is 0 Å². The lowest BCUT2D eigenvalue weighted by atomic mass is 9.79. The second-order valence-electron chi connectivity index (χ2n) is 7.51. The van der Waals surface area contributed by atoms with Gasteiger partial charge in [0.2, 0.25) is 10.0 Å². The average molecular weight is 443 g/mol. The van der Waals surface area contributed by atoms with Crippen molar-refractivity contribution in [1.29, 1.82) is 0 Å². The van der Waals surface area contributed by atoms with Gasteiger partial charge in [0.25, 0.3) is 0 Å². The molecule has 7 heteroatoms. The Kier molecular flexibility index (Phi) is 8.34. The van der Waals surface area contributed by atoms with Crippen molar-refractivity contribution in [2.45, 2.75) is 42.7 Å². The molecule has 1 aliphatic rings. The molecule has 0 heterocycles. The molecule has 0 radical (unpaired) electrons. The van der Waals surface area contributed by atoms with Crippen molar-refractivity contribution < 1.29 is 8.42 Å². The zero-order valence-corrected chi connectivity index (χ0v) is 18.6. The average Bonchev–Trinajstić information content (AvgIpc) is 2.64. The molecule has 0 aromatic heterocycles. The van der Waals surface area contributed by atoms with E-state index in [1.807, 2.05) is 6.07 Å². The van der Waals surface area contributed by atoms with Gasteiger partial charge < -0.3 is 4.90 Å². The van der Waals surface area contributed by atoms with Gasteiger partial charge >= 0.3 is 0 Å². The van der Waals surface area contributed by atoms with Gasteiger partial charge in [0, 0.05) is 17.1 Å². The molecule has 0 amide bonds. The molecule has 1 fully saturated rings. The molecule has 2 aromatic rings. The van der Waals surface area contributed by atoms with E-state index in [1.54, 1.807) is 24.3 Å². The van der Waals surface area contributed by atoms with Gasteiger partial charge in [0.15, 0.2) is 0 Å². The van der Waals surface area contributed by atoms with Gasteiger partial charge in [0.1, 0.15) is 0 Å². The van der Waals surface area contributed by atoms with Gasteiger partial charge in [0.05, 0.1) is 4.90 Å². The number of rotatable bonds is 6. The normalized spacial score (nSPS) is 21.1. The molecule has 0 spiro atoms. The minimum absolute atomic E-state index is 0. The molecule has 4 nitrogen and oxygen atoms in total. The van der Waals surface area contributed by atoms with E-state index >= 15 is 0 Å². The van der Waals surface area contributed by atoms with Crippen LogP contribution in [0.2, 0.25) is 5.02 Å². The molecule has 0 aliphatic heterocycles. The minimum atomic E-state index is -3.50. The van der Waals surface area contributed by atoms with E-state index in [-0.39, 0.29) is 23.3 Å².